The van der Waals surface area contributed by atoms with E-state index in [2.05, 4.69) is 11.9 Å². The first kappa shape index (κ1) is 14.3. The Morgan fingerprint density at radius 3 is 2.95 bits per heavy atom. The van der Waals surface area contributed by atoms with Crippen LogP contribution in [0.4, 0.5) is 0 Å². The number of hydrogen-bond acceptors (Lipinski definition) is 4. The molecule has 0 radical (unpaired) electrons. The molecule has 0 bridgehead atoms. The maximum atomic E-state index is 5.91. The topological polar surface area (TPSA) is 48.1 Å². The van der Waals surface area contributed by atoms with Gasteiger partial charge >= 0.3 is 0 Å². The predicted octanol–water partition coefficient (Wildman–Crippen LogP) is 3.79. The molecule has 2 rings (SSSR count). The molecule has 0 saturated carbocycles. The summed E-state index contributed by atoms with van der Waals surface area (Å²) in [7, 11) is 0. The fraction of sp³-hybridized carbons (Fsp3) is 0.357. The summed E-state index contributed by atoms with van der Waals surface area (Å²) >= 11 is 7.54. The Morgan fingerprint density at radius 2 is 2.26 bits per heavy atom. The molecule has 0 saturated heterocycles. The minimum atomic E-state index is 0.460. The number of ether oxygens (including phenoxy) is 1. The van der Waals surface area contributed by atoms with Gasteiger partial charge in [-0.15, -0.1) is 11.3 Å². The first-order valence-corrected chi connectivity index (χ1v) is 7.48. The van der Waals surface area contributed by atoms with Gasteiger partial charge in [-0.1, -0.05) is 31.0 Å². The first-order valence-electron chi connectivity index (χ1n) is 6.28. The van der Waals surface area contributed by atoms with Crippen molar-refractivity contribution in [1.29, 1.82) is 0 Å². The van der Waals surface area contributed by atoms with E-state index in [0.717, 1.165) is 34.2 Å². The van der Waals surface area contributed by atoms with Gasteiger partial charge in [0, 0.05) is 16.4 Å². The molecule has 19 heavy (non-hydrogen) atoms. The molecule has 0 amide bonds. The van der Waals surface area contributed by atoms with Gasteiger partial charge in [-0.3, -0.25) is 0 Å². The molecule has 0 fully saturated rings. The van der Waals surface area contributed by atoms with E-state index in [1.807, 2.05) is 18.2 Å². The van der Waals surface area contributed by atoms with Crippen LogP contribution in [0.1, 0.15) is 28.9 Å². The molecule has 2 aromatic rings. The highest BCUT2D eigenvalue weighted by molar-refractivity contribution is 7.11. The number of aromatic nitrogens is 1. The predicted molar refractivity (Wildman–Crippen MR) is 79.8 cm³/mol. The third-order valence-electron chi connectivity index (χ3n) is 2.65. The second-order valence-electron chi connectivity index (χ2n) is 4.18. The van der Waals surface area contributed by atoms with Crippen molar-refractivity contribution in [2.75, 3.05) is 0 Å². The second-order valence-corrected chi connectivity index (χ2v) is 5.78. The van der Waals surface area contributed by atoms with Gasteiger partial charge in [0.2, 0.25) is 0 Å². The molecule has 2 N–H and O–H groups in total. The molecule has 1 aromatic heterocycles. The van der Waals surface area contributed by atoms with Gasteiger partial charge in [-0.25, -0.2) is 4.98 Å². The van der Waals surface area contributed by atoms with E-state index in [4.69, 9.17) is 22.1 Å². The number of halogens is 1. The van der Waals surface area contributed by atoms with Crippen LogP contribution in [0, 0.1) is 0 Å². The highest BCUT2D eigenvalue weighted by atomic mass is 35.5. The van der Waals surface area contributed by atoms with Crippen molar-refractivity contribution in [2.24, 2.45) is 5.73 Å². The summed E-state index contributed by atoms with van der Waals surface area (Å²) in [5.41, 5.74) is 6.84. The minimum Gasteiger partial charge on any atom is -0.486 e. The third-order valence-corrected chi connectivity index (χ3v) is 3.98. The maximum absolute atomic E-state index is 5.91. The van der Waals surface area contributed by atoms with Crippen molar-refractivity contribution in [3.63, 3.8) is 0 Å². The van der Waals surface area contributed by atoms with Crippen LogP contribution in [0.2, 0.25) is 5.02 Å². The molecule has 1 heterocycles. The molecule has 0 spiro atoms. The monoisotopic (exact) mass is 296 g/mol. The summed E-state index contributed by atoms with van der Waals surface area (Å²) in [6.07, 6.45) is 2.05. The van der Waals surface area contributed by atoms with Gasteiger partial charge in [0.1, 0.15) is 17.4 Å². The number of thiazole rings is 1. The van der Waals surface area contributed by atoms with Crippen molar-refractivity contribution < 1.29 is 4.74 Å². The van der Waals surface area contributed by atoms with Crippen LogP contribution in [0.3, 0.4) is 0 Å². The van der Waals surface area contributed by atoms with Crippen LogP contribution in [0.25, 0.3) is 0 Å². The van der Waals surface area contributed by atoms with E-state index < -0.39 is 0 Å². The summed E-state index contributed by atoms with van der Waals surface area (Å²) in [5, 5.41) is 1.63. The summed E-state index contributed by atoms with van der Waals surface area (Å²) in [6.45, 7) is 3.15. The maximum Gasteiger partial charge on any atom is 0.140 e. The Bertz CT molecular complexity index is 542. The van der Waals surface area contributed by atoms with Crippen molar-refractivity contribution in [3.05, 3.63) is 44.9 Å². The lowest BCUT2D eigenvalue weighted by atomic mass is 10.2. The number of hydrogen-bond donors (Lipinski definition) is 1. The lowest BCUT2D eigenvalue weighted by Crippen LogP contribution is -1.98. The largest absolute Gasteiger partial charge is 0.486 e. The fourth-order valence-corrected chi connectivity index (χ4v) is 2.88. The molecular formula is C14H17ClN2OS. The van der Waals surface area contributed by atoms with Gasteiger partial charge in [0.25, 0.3) is 0 Å². The van der Waals surface area contributed by atoms with Crippen LogP contribution in [0.5, 0.6) is 5.75 Å². The smallest absolute Gasteiger partial charge is 0.140 e. The van der Waals surface area contributed by atoms with E-state index in [-0.39, 0.29) is 0 Å². The SMILES string of the molecule is CCCc1nc(COc2cccc(Cl)c2)sc1CN. The van der Waals surface area contributed by atoms with Crippen LogP contribution in [-0.2, 0) is 19.6 Å². The molecule has 102 valence electrons. The standard InChI is InChI=1S/C14H17ClN2OS/c1-2-4-12-13(8-16)19-14(17-12)9-18-11-6-3-5-10(15)7-11/h3,5-7H,2,4,8-9,16H2,1H3. The van der Waals surface area contributed by atoms with Gasteiger partial charge < -0.3 is 10.5 Å². The van der Waals surface area contributed by atoms with Crippen LogP contribution in [0.15, 0.2) is 24.3 Å². The average Bonchev–Trinajstić information content (AvgIpc) is 2.79. The summed E-state index contributed by atoms with van der Waals surface area (Å²) < 4.78 is 5.69. The number of rotatable bonds is 6. The molecular weight excluding hydrogens is 280 g/mol. The lowest BCUT2D eigenvalue weighted by Gasteiger charge is -2.03. The molecule has 5 heteroatoms. The van der Waals surface area contributed by atoms with E-state index in [0.29, 0.717) is 18.2 Å². The highest BCUT2D eigenvalue weighted by Crippen LogP contribution is 2.22. The van der Waals surface area contributed by atoms with Crippen molar-refractivity contribution >= 4 is 22.9 Å². The summed E-state index contributed by atoms with van der Waals surface area (Å²) in [4.78, 5) is 5.75. The van der Waals surface area contributed by atoms with Crippen LogP contribution >= 0.6 is 22.9 Å². The van der Waals surface area contributed by atoms with Gasteiger partial charge in [-0.2, -0.15) is 0 Å². The van der Waals surface area contributed by atoms with Gasteiger partial charge in [0.15, 0.2) is 0 Å². The number of benzene rings is 1. The quantitative estimate of drug-likeness (QED) is 0.882. The first-order chi connectivity index (χ1) is 9.22. The molecule has 0 aliphatic rings. The van der Waals surface area contributed by atoms with Crippen molar-refractivity contribution in [2.45, 2.75) is 32.9 Å². The summed E-state index contributed by atoms with van der Waals surface area (Å²) in [6, 6.07) is 7.37. The van der Waals surface area contributed by atoms with E-state index in [1.54, 1.807) is 17.4 Å². The molecule has 1 aromatic carbocycles. The van der Waals surface area contributed by atoms with Crippen LogP contribution < -0.4 is 10.5 Å². The fourth-order valence-electron chi connectivity index (χ4n) is 1.79. The second kappa shape index (κ2) is 6.89. The Hall–Kier alpha value is -1.10. The number of nitrogens with two attached hydrogens (primary N) is 1. The molecule has 0 unspecified atom stereocenters. The number of nitrogens with zero attached hydrogens (tertiary/aromatic N) is 1. The Balaban J connectivity index is 2.03. The van der Waals surface area contributed by atoms with E-state index in [9.17, 15) is 0 Å². The molecule has 0 aliphatic carbocycles. The zero-order valence-corrected chi connectivity index (χ0v) is 12.4. The zero-order chi connectivity index (χ0) is 13.7. The van der Waals surface area contributed by atoms with Gasteiger partial charge in [0.05, 0.1) is 5.69 Å². The third kappa shape index (κ3) is 3.93. The highest BCUT2D eigenvalue weighted by Gasteiger charge is 2.09. The summed E-state index contributed by atoms with van der Waals surface area (Å²) in [5.74, 6) is 0.758. The molecule has 0 atom stereocenters. The van der Waals surface area contributed by atoms with E-state index >= 15 is 0 Å². The zero-order valence-electron chi connectivity index (χ0n) is 10.9. The normalized spacial score (nSPS) is 10.7. The van der Waals surface area contributed by atoms with Crippen molar-refractivity contribution in [3.8, 4) is 5.75 Å². The Kier molecular flexibility index (Phi) is 5.19. The van der Waals surface area contributed by atoms with E-state index in [1.165, 1.54) is 0 Å². The van der Waals surface area contributed by atoms with Crippen LogP contribution in [-0.4, -0.2) is 4.98 Å². The Labute approximate surface area is 122 Å². The average molecular weight is 297 g/mol. The number of aryl methyl sites for hydroxylation is 1. The van der Waals surface area contributed by atoms with Crippen molar-refractivity contribution in [1.82, 2.24) is 4.98 Å². The Morgan fingerprint density at radius 1 is 1.42 bits per heavy atom. The minimum absolute atomic E-state index is 0.460. The lowest BCUT2D eigenvalue weighted by molar-refractivity contribution is 0.305. The van der Waals surface area contributed by atoms with Gasteiger partial charge in [-0.05, 0) is 24.6 Å². The molecule has 0 aliphatic heterocycles. The molecule has 3 nitrogen and oxygen atoms in total.